The number of rotatable bonds is 0. The van der Waals surface area contributed by atoms with Crippen LogP contribution in [-0.2, 0) is 55.2 Å². The van der Waals surface area contributed by atoms with Gasteiger partial charge < -0.3 is 0 Å². The van der Waals surface area contributed by atoms with Crippen molar-refractivity contribution in [2.24, 2.45) is 0 Å². The summed E-state index contributed by atoms with van der Waals surface area (Å²) in [5.74, 6) is 0. The Bertz CT molecular complexity index is 8.00. The van der Waals surface area contributed by atoms with Crippen LogP contribution in [0.2, 0.25) is 0 Å². The molecule has 0 aromatic heterocycles. The van der Waals surface area contributed by atoms with E-state index in [4.69, 9.17) is 0 Å². The van der Waals surface area contributed by atoms with Crippen molar-refractivity contribution in [2.45, 2.75) is 0 Å². The van der Waals surface area contributed by atoms with Gasteiger partial charge in [-0.25, -0.2) is 0 Å². The molecule has 0 spiro atoms. The van der Waals surface area contributed by atoms with Gasteiger partial charge in [-0.05, 0) is 0 Å². The maximum atomic E-state index is 0. The molecule has 28 valence electrons. The molecule has 4 heavy (non-hydrogen) atoms. The smallest absolute Gasteiger partial charge is 0 e. The Kier molecular flexibility index (Phi) is 222. The quantitative estimate of drug-likeness (QED) is 0.534. The average Bonchev–Trinajstić information content (AvgIpc) is 0. The topological polar surface area (TPSA) is 0 Å². The molecule has 0 aliphatic carbocycles. The second-order valence-electron chi connectivity index (χ2n) is 0. The minimum absolute atomic E-state index is 0. The number of hydrogen-bond donors (Lipinski definition) is 0. The summed E-state index contributed by atoms with van der Waals surface area (Å²) in [4.78, 5) is 0. The minimum atomic E-state index is 0. The fraction of sp³-hybridized carbons (Fsp3) is 0. The summed E-state index contributed by atoms with van der Waals surface area (Å²) >= 11 is 0. The van der Waals surface area contributed by atoms with Crippen molar-refractivity contribution >= 4 is 8.41 Å². The second-order valence-corrected chi connectivity index (χ2v) is 0. The third-order valence-corrected chi connectivity index (χ3v) is 0. The van der Waals surface area contributed by atoms with E-state index in [0.29, 0.717) is 0 Å². The van der Waals surface area contributed by atoms with Crippen LogP contribution in [-0.4, -0.2) is 8.41 Å². The van der Waals surface area contributed by atoms with Crippen molar-refractivity contribution in [2.75, 3.05) is 0 Å². The first-order valence-electron chi connectivity index (χ1n) is 0. The maximum absolute atomic E-state index is 0. The van der Waals surface area contributed by atoms with Crippen molar-refractivity contribution in [3.05, 3.63) is 0 Å². The molecule has 0 N–H and O–H groups in total. The zero-order chi connectivity index (χ0) is 0. The molecule has 0 aliphatic heterocycles. The van der Waals surface area contributed by atoms with Crippen LogP contribution in [0.3, 0.4) is 0 Å². The molecule has 0 fully saturated rings. The molecule has 4 heteroatoms. The summed E-state index contributed by atoms with van der Waals surface area (Å²) in [7, 11) is 0. The molecule has 0 aromatic rings. The van der Waals surface area contributed by atoms with Crippen molar-refractivity contribution in [1.82, 2.24) is 0 Å². The summed E-state index contributed by atoms with van der Waals surface area (Å²) in [5.41, 5.74) is 0. The van der Waals surface area contributed by atoms with Gasteiger partial charge in [0.1, 0.15) is 0 Å². The van der Waals surface area contributed by atoms with E-state index in [1.807, 2.05) is 0 Å². The molecule has 0 bridgehead atoms. The Hall–Kier alpha value is 1.79. The molecular weight excluding hydrogens is 317 g/mol. The van der Waals surface area contributed by atoms with Gasteiger partial charge >= 0.3 is 0 Å². The molecule has 0 saturated carbocycles. The van der Waals surface area contributed by atoms with Gasteiger partial charge in [0.25, 0.3) is 0 Å². The zero-order valence-corrected chi connectivity index (χ0v) is 6.22. The largest absolute Gasteiger partial charge is 0 e. The van der Waals surface area contributed by atoms with E-state index in [0.717, 1.165) is 0 Å². The van der Waals surface area contributed by atoms with E-state index in [1.165, 1.54) is 0 Å². The normalized spacial score (nSPS) is 0. The van der Waals surface area contributed by atoms with Crippen LogP contribution in [0.4, 0.5) is 0 Å². The zero-order valence-electron chi connectivity index (χ0n) is 1.64. The average molecular weight is 317 g/mol. The van der Waals surface area contributed by atoms with Crippen LogP contribution in [0.15, 0.2) is 0 Å². The van der Waals surface area contributed by atoms with Gasteiger partial charge in [-0.2, -0.15) is 0 Å². The second kappa shape index (κ2) is 21.5. The van der Waals surface area contributed by atoms with Crippen molar-refractivity contribution in [3.8, 4) is 0 Å². The third-order valence-electron chi connectivity index (χ3n) is 0. The monoisotopic (exact) mass is 317 g/mol. The van der Waals surface area contributed by atoms with Crippen LogP contribution in [0.5, 0.6) is 0 Å². The minimum Gasteiger partial charge on any atom is 0 e. The Balaban J connectivity index is 0. The molecule has 0 unspecified atom stereocenters. The van der Waals surface area contributed by atoms with E-state index < -0.39 is 0 Å². The maximum Gasteiger partial charge on any atom is 0 e. The predicted molar refractivity (Wildman–Crippen MR) is 5.75 cm³/mol. The van der Waals surface area contributed by atoms with Gasteiger partial charge in [0, 0.05) is 63.6 Å². The molecule has 0 aromatic carbocycles. The summed E-state index contributed by atoms with van der Waals surface area (Å²) in [6.07, 6.45) is 0. The fourth-order valence-electron chi connectivity index (χ4n) is 0. The Morgan fingerprint density at radius 3 is 1.00 bits per heavy atom. The molecule has 0 aliphatic rings. The number of hydrogen-bond acceptors (Lipinski definition) is 0. The summed E-state index contributed by atoms with van der Waals surface area (Å²) in [5, 5.41) is 0. The predicted octanol–water partition coefficient (Wildman–Crippen LogP) is -0.388. The molecule has 0 rings (SSSR count). The van der Waals surface area contributed by atoms with Gasteiger partial charge in [0.2, 0.25) is 0 Å². The van der Waals surface area contributed by atoms with Crippen LogP contribution < -0.4 is 0 Å². The first-order chi connectivity index (χ1) is 0. The van der Waals surface area contributed by atoms with Gasteiger partial charge in [0.05, 0.1) is 0 Å². The van der Waals surface area contributed by atoms with Gasteiger partial charge in [0.15, 0.2) is 0 Å². The van der Waals surface area contributed by atoms with E-state index in [1.54, 1.807) is 0 Å². The molecule has 0 atom stereocenters. The molecule has 0 saturated heterocycles. The first kappa shape index (κ1) is 41.4. The van der Waals surface area contributed by atoms with Crippen LogP contribution in [0, 0.1) is 0 Å². The van der Waals surface area contributed by atoms with E-state index in [-0.39, 0.29) is 63.6 Å². The van der Waals surface area contributed by atoms with E-state index in [2.05, 4.69) is 0 Å². The third kappa shape index (κ3) is 9.20. The van der Waals surface area contributed by atoms with Gasteiger partial charge in [-0.1, -0.05) is 0 Å². The van der Waals surface area contributed by atoms with Crippen LogP contribution in [0.25, 0.3) is 0 Å². The molecule has 0 amide bonds. The summed E-state index contributed by atoms with van der Waals surface area (Å²) < 4.78 is 0. The summed E-state index contributed by atoms with van der Waals surface area (Å²) in [6, 6.07) is 0. The first-order valence-corrected chi connectivity index (χ1v) is 0. The summed E-state index contributed by atoms with van der Waals surface area (Å²) in [6.45, 7) is 0. The SMILES string of the molecule is [B].[Co].[Cr].[Pt]. The Labute approximate surface area is 63.3 Å². The van der Waals surface area contributed by atoms with Crippen LogP contribution >= 0.6 is 0 Å². The van der Waals surface area contributed by atoms with E-state index >= 15 is 0 Å². The van der Waals surface area contributed by atoms with Crippen LogP contribution in [0.1, 0.15) is 0 Å². The van der Waals surface area contributed by atoms with Gasteiger partial charge in [-0.15, -0.1) is 0 Å². The van der Waals surface area contributed by atoms with E-state index in [9.17, 15) is 0 Å². The Morgan fingerprint density at radius 2 is 1.00 bits per heavy atom. The molecule has 4 radical (unpaired) electrons. The standard InChI is InChI=1S/B.Co.Cr.Pt. The van der Waals surface area contributed by atoms with Gasteiger partial charge in [-0.3, -0.25) is 0 Å². The molecular formula is BCoCrPt. The Morgan fingerprint density at radius 1 is 1.00 bits per heavy atom. The van der Waals surface area contributed by atoms with Crippen molar-refractivity contribution in [3.63, 3.8) is 0 Å². The van der Waals surface area contributed by atoms with Crippen molar-refractivity contribution < 1.29 is 55.2 Å². The fourth-order valence-corrected chi connectivity index (χ4v) is 0. The molecule has 0 heterocycles. The van der Waals surface area contributed by atoms with Crippen molar-refractivity contribution in [1.29, 1.82) is 0 Å². The molecule has 0 nitrogen and oxygen atoms in total.